The van der Waals surface area contributed by atoms with Crippen molar-refractivity contribution < 1.29 is 9.50 Å². The summed E-state index contributed by atoms with van der Waals surface area (Å²) >= 11 is 3.15. The zero-order valence-corrected chi connectivity index (χ0v) is 9.81. The van der Waals surface area contributed by atoms with Crippen molar-refractivity contribution in [3.63, 3.8) is 0 Å². The Morgan fingerprint density at radius 2 is 2.14 bits per heavy atom. The van der Waals surface area contributed by atoms with Crippen LogP contribution in [-0.2, 0) is 0 Å². The molecule has 3 N–H and O–H groups in total. The highest BCUT2D eigenvalue weighted by Gasteiger charge is 2.10. The van der Waals surface area contributed by atoms with Crippen LogP contribution < -0.4 is 5.73 Å². The van der Waals surface area contributed by atoms with Gasteiger partial charge in [-0.2, -0.15) is 0 Å². The van der Waals surface area contributed by atoms with Crippen LogP contribution >= 0.6 is 28.3 Å². The molecule has 0 spiro atoms. The maximum atomic E-state index is 13.2. The number of halogens is 3. The lowest BCUT2D eigenvalue weighted by Gasteiger charge is -2.11. The van der Waals surface area contributed by atoms with Crippen LogP contribution in [0.25, 0.3) is 0 Å². The molecular formula is C9H12BrClFNO. The zero-order valence-electron chi connectivity index (χ0n) is 7.41. The van der Waals surface area contributed by atoms with E-state index in [2.05, 4.69) is 15.9 Å². The van der Waals surface area contributed by atoms with Crippen molar-refractivity contribution in [3.8, 4) is 0 Å². The van der Waals surface area contributed by atoms with Crippen molar-refractivity contribution >= 4 is 28.3 Å². The van der Waals surface area contributed by atoms with Gasteiger partial charge in [0, 0.05) is 22.7 Å². The maximum Gasteiger partial charge on any atom is 0.129 e. The number of aliphatic hydroxyl groups is 1. The highest BCUT2D eigenvalue weighted by molar-refractivity contribution is 9.10. The highest BCUT2D eigenvalue weighted by atomic mass is 79.9. The lowest BCUT2D eigenvalue weighted by molar-refractivity contribution is 0.275. The topological polar surface area (TPSA) is 46.2 Å². The van der Waals surface area contributed by atoms with Gasteiger partial charge in [0.25, 0.3) is 0 Å². The minimum Gasteiger partial charge on any atom is -0.396 e. The van der Waals surface area contributed by atoms with Crippen molar-refractivity contribution in [2.24, 2.45) is 5.73 Å². The molecule has 0 bridgehead atoms. The fourth-order valence-electron chi connectivity index (χ4n) is 1.10. The normalized spacial score (nSPS) is 12.0. The summed E-state index contributed by atoms with van der Waals surface area (Å²) in [7, 11) is 0. The molecular weight excluding hydrogens is 272 g/mol. The fraction of sp³-hybridized carbons (Fsp3) is 0.333. The summed E-state index contributed by atoms with van der Waals surface area (Å²) in [6, 6.07) is 4.29. The summed E-state index contributed by atoms with van der Waals surface area (Å²) in [5, 5.41) is 8.63. The first-order chi connectivity index (χ1) is 6.15. The van der Waals surface area contributed by atoms with E-state index < -0.39 is 6.04 Å². The number of rotatable bonds is 3. The second-order valence-electron chi connectivity index (χ2n) is 2.78. The van der Waals surface area contributed by atoms with Gasteiger partial charge in [0.15, 0.2) is 0 Å². The molecule has 0 aromatic heterocycles. The van der Waals surface area contributed by atoms with Crippen LogP contribution in [-0.4, -0.2) is 11.7 Å². The van der Waals surface area contributed by atoms with Crippen molar-refractivity contribution in [2.75, 3.05) is 6.61 Å². The molecule has 0 unspecified atom stereocenters. The van der Waals surface area contributed by atoms with E-state index in [1.54, 1.807) is 12.1 Å². The number of hydrogen-bond donors (Lipinski definition) is 2. The lowest BCUT2D eigenvalue weighted by Crippen LogP contribution is -2.13. The van der Waals surface area contributed by atoms with Crippen LogP contribution in [0.1, 0.15) is 18.0 Å². The number of benzene rings is 1. The van der Waals surface area contributed by atoms with E-state index >= 15 is 0 Å². The molecule has 1 rings (SSSR count). The predicted molar refractivity (Wildman–Crippen MR) is 60.0 cm³/mol. The monoisotopic (exact) mass is 283 g/mol. The van der Waals surface area contributed by atoms with Gasteiger partial charge in [0.2, 0.25) is 0 Å². The van der Waals surface area contributed by atoms with Gasteiger partial charge < -0.3 is 10.8 Å². The zero-order chi connectivity index (χ0) is 9.84. The Hall–Kier alpha value is -0.160. The first-order valence-corrected chi connectivity index (χ1v) is 4.76. The van der Waals surface area contributed by atoms with Crippen molar-refractivity contribution in [1.29, 1.82) is 0 Å². The van der Waals surface area contributed by atoms with Crippen LogP contribution in [0, 0.1) is 5.82 Å². The summed E-state index contributed by atoms with van der Waals surface area (Å²) in [6.45, 7) is -0.0311. The molecule has 5 heteroatoms. The van der Waals surface area contributed by atoms with E-state index in [0.717, 1.165) is 0 Å². The first-order valence-electron chi connectivity index (χ1n) is 3.96. The van der Waals surface area contributed by atoms with E-state index in [1.807, 2.05) is 0 Å². The Labute approximate surface area is 96.8 Å². The Kier molecular flexibility index (Phi) is 6.27. The minimum absolute atomic E-state index is 0. The van der Waals surface area contributed by atoms with Crippen LogP contribution in [0.3, 0.4) is 0 Å². The average molecular weight is 285 g/mol. The van der Waals surface area contributed by atoms with Gasteiger partial charge in [0.1, 0.15) is 5.82 Å². The van der Waals surface area contributed by atoms with E-state index in [4.69, 9.17) is 10.8 Å². The van der Waals surface area contributed by atoms with Gasteiger partial charge in [-0.3, -0.25) is 0 Å². The van der Waals surface area contributed by atoms with Crippen LogP contribution in [0.15, 0.2) is 22.7 Å². The number of hydrogen-bond acceptors (Lipinski definition) is 2. The van der Waals surface area contributed by atoms with E-state index in [9.17, 15) is 4.39 Å². The summed E-state index contributed by atoms with van der Waals surface area (Å²) in [5.74, 6) is -0.338. The summed E-state index contributed by atoms with van der Waals surface area (Å²) < 4.78 is 13.9. The minimum atomic E-state index is -0.432. The van der Waals surface area contributed by atoms with Gasteiger partial charge >= 0.3 is 0 Å². The van der Waals surface area contributed by atoms with Gasteiger partial charge in [-0.15, -0.1) is 12.4 Å². The summed E-state index contributed by atoms with van der Waals surface area (Å²) in [5.41, 5.74) is 6.08. The van der Waals surface area contributed by atoms with Gasteiger partial charge in [-0.25, -0.2) is 4.39 Å². The first kappa shape index (κ1) is 13.8. The molecule has 0 saturated heterocycles. The standard InChI is InChI=1S/C9H11BrFNO.ClH/c10-6-1-2-7(8(11)5-6)9(12)3-4-13;/h1-2,5,9,13H,3-4,12H2;1H/t9-;/m1./s1. The molecule has 1 aromatic rings. The predicted octanol–water partition coefficient (Wildman–Crippen LogP) is 2.39. The summed E-state index contributed by atoms with van der Waals surface area (Å²) in [6.07, 6.45) is 0.374. The van der Waals surface area contributed by atoms with E-state index in [0.29, 0.717) is 16.5 Å². The quantitative estimate of drug-likeness (QED) is 0.895. The molecule has 0 heterocycles. The smallest absolute Gasteiger partial charge is 0.129 e. The number of nitrogens with two attached hydrogens (primary N) is 1. The molecule has 0 aliphatic rings. The fourth-order valence-corrected chi connectivity index (χ4v) is 1.43. The molecule has 1 atom stereocenters. The molecule has 0 fully saturated rings. The molecule has 0 amide bonds. The second-order valence-corrected chi connectivity index (χ2v) is 3.70. The lowest BCUT2D eigenvalue weighted by atomic mass is 10.0. The van der Waals surface area contributed by atoms with Crippen molar-refractivity contribution in [3.05, 3.63) is 34.1 Å². The van der Waals surface area contributed by atoms with Gasteiger partial charge in [-0.05, 0) is 18.6 Å². The van der Waals surface area contributed by atoms with Crippen LogP contribution in [0.2, 0.25) is 0 Å². The second kappa shape index (κ2) is 6.35. The third-order valence-corrected chi connectivity index (χ3v) is 2.30. The van der Waals surface area contributed by atoms with Gasteiger partial charge in [-0.1, -0.05) is 22.0 Å². The largest absolute Gasteiger partial charge is 0.396 e. The highest BCUT2D eigenvalue weighted by Crippen LogP contribution is 2.21. The molecule has 1 aromatic carbocycles. The van der Waals surface area contributed by atoms with Crippen LogP contribution in [0.4, 0.5) is 4.39 Å². The molecule has 0 radical (unpaired) electrons. The third kappa shape index (κ3) is 3.53. The Morgan fingerprint density at radius 1 is 1.50 bits per heavy atom. The van der Waals surface area contributed by atoms with Crippen molar-refractivity contribution in [2.45, 2.75) is 12.5 Å². The van der Waals surface area contributed by atoms with E-state index in [-0.39, 0.29) is 24.8 Å². The SMILES string of the molecule is Cl.N[C@H](CCO)c1ccc(Br)cc1F. The average Bonchev–Trinajstić information content (AvgIpc) is 2.04. The number of aliphatic hydroxyl groups excluding tert-OH is 1. The van der Waals surface area contributed by atoms with Crippen LogP contribution in [0.5, 0.6) is 0 Å². The Balaban J connectivity index is 0.00000169. The molecule has 2 nitrogen and oxygen atoms in total. The maximum absolute atomic E-state index is 13.2. The van der Waals surface area contributed by atoms with E-state index in [1.165, 1.54) is 6.07 Å². The molecule has 14 heavy (non-hydrogen) atoms. The molecule has 0 aliphatic heterocycles. The summed E-state index contributed by atoms with van der Waals surface area (Å²) in [4.78, 5) is 0. The Bertz CT molecular complexity index is 298. The molecule has 80 valence electrons. The Morgan fingerprint density at radius 3 is 2.64 bits per heavy atom. The third-order valence-electron chi connectivity index (χ3n) is 1.80. The molecule has 0 aliphatic carbocycles. The molecule has 0 saturated carbocycles. The van der Waals surface area contributed by atoms with Gasteiger partial charge in [0.05, 0.1) is 0 Å². The van der Waals surface area contributed by atoms with Crippen molar-refractivity contribution in [1.82, 2.24) is 0 Å².